The van der Waals surface area contributed by atoms with Gasteiger partial charge in [0.15, 0.2) is 4.77 Å². The van der Waals surface area contributed by atoms with Crippen LogP contribution >= 0.6 is 12.2 Å². The van der Waals surface area contributed by atoms with Crippen molar-refractivity contribution in [3.63, 3.8) is 0 Å². The number of ether oxygens (including phenoxy) is 1. The SMILES string of the molecule is CC1OCCC1Cn1cn[nH]c1=S. The van der Waals surface area contributed by atoms with Crippen LogP contribution in [0.5, 0.6) is 0 Å². The molecule has 0 spiro atoms. The lowest BCUT2D eigenvalue weighted by atomic mass is 10.0. The molecular weight excluding hydrogens is 186 g/mol. The maximum atomic E-state index is 5.48. The van der Waals surface area contributed by atoms with Crippen LogP contribution in [0, 0.1) is 10.7 Å². The molecule has 2 unspecified atom stereocenters. The molecule has 1 aliphatic heterocycles. The Kier molecular flexibility index (Phi) is 2.46. The molecule has 1 aliphatic rings. The van der Waals surface area contributed by atoms with Crippen LogP contribution in [0.2, 0.25) is 0 Å². The summed E-state index contributed by atoms with van der Waals surface area (Å²) in [4.78, 5) is 0. The van der Waals surface area contributed by atoms with E-state index < -0.39 is 0 Å². The summed E-state index contributed by atoms with van der Waals surface area (Å²) in [6.45, 7) is 3.90. The van der Waals surface area contributed by atoms with E-state index in [1.54, 1.807) is 6.33 Å². The zero-order valence-electron chi connectivity index (χ0n) is 7.56. The van der Waals surface area contributed by atoms with Crippen molar-refractivity contribution in [2.24, 2.45) is 5.92 Å². The van der Waals surface area contributed by atoms with Crippen molar-refractivity contribution in [2.75, 3.05) is 6.61 Å². The minimum absolute atomic E-state index is 0.344. The Balaban J connectivity index is 2.06. The Morgan fingerprint density at radius 2 is 2.69 bits per heavy atom. The largest absolute Gasteiger partial charge is 0.378 e. The van der Waals surface area contributed by atoms with Crippen LogP contribution in [0.1, 0.15) is 13.3 Å². The molecule has 1 aromatic rings. The van der Waals surface area contributed by atoms with Gasteiger partial charge in [0, 0.05) is 19.1 Å². The molecular formula is C8H13N3OS. The standard InChI is InChI=1S/C8H13N3OS/c1-6-7(2-3-12-6)4-11-5-9-10-8(11)13/h5-7H,2-4H2,1H3,(H,10,13). The maximum absolute atomic E-state index is 5.48. The van der Waals surface area contributed by atoms with Gasteiger partial charge in [0.2, 0.25) is 0 Å². The van der Waals surface area contributed by atoms with Gasteiger partial charge in [-0.15, -0.1) is 0 Å². The number of hydrogen-bond acceptors (Lipinski definition) is 3. The number of rotatable bonds is 2. The molecule has 0 saturated carbocycles. The monoisotopic (exact) mass is 199 g/mol. The third-order valence-electron chi connectivity index (χ3n) is 2.58. The van der Waals surface area contributed by atoms with Gasteiger partial charge in [-0.25, -0.2) is 0 Å². The predicted octanol–water partition coefficient (Wildman–Crippen LogP) is 1.37. The van der Waals surface area contributed by atoms with Crippen molar-refractivity contribution in [3.05, 3.63) is 11.1 Å². The molecule has 0 aromatic carbocycles. The molecule has 72 valence electrons. The van der Waals surface area contributed by atoms with Gasteiger partial charge in [0.25, 0.3) is 0 Å². The van der Waals surface area contributed by atoms with Crippen LogP contribution in [-0.4, -0.2) is 27.5 Å². The summed E-state index contributed by atoms with van der Waals surface area (Å²) in [5.74, 6) is 0.573. The molecule has 1 aromatic heterocycles. The van der Waals surface area contributed by atoms with Crippen LogP contribution in [0.15, 0.2) is 6.33 Å². The molecule has 1 saturated heterocycles. The van der Waals surface area contributed by atoms with E-state index in [9.17, 15) is 0 Å². The molecule has 13 heavy (non-hydrogen) atoms. The van der Waals surface area contributed by atoms with Crippen molar-refractivity contribution in [1.29, 1.82) is 0 Å². The van der Waals surface area contributed by atoms with Crippen LogP contribution in [0.4, 0.5) is 0 Å². The number of nitrogens with one attached hydrogen (secondary N) is 1. The first kappa shape index (κ1) is 8.90. The highest BCUT2D eigenvalue weighted by atomic mass is 32.1. The highest BCUT2D eigenvalue weighted by molar-refractivity contribution is 7.71. The molecule has 2 heterocycles. The van der Waals surface area contributed by atoms with Crippen LogP contribution < -0.4 is 0 Å². The lowest BCUT2D eigenvalue weighted by Gasteiger charge is -2.13. The smallest absolute Gasteiger partial charge is 0.194 e. The van der Waals surface area contributed by atoms with Gasteiger partial charge in [-0.3, -0.25) is 5.10 Å². The number of aromatic amines is 1. The third kappa shape index (κ3) is 1.81. The topological polar surface area (TPSA) is 42.8 Å². The van der Waals surface area contributed by atoms with Crippen molar-refractivity contribution in [3.8, 4) is 0 Å². The second-order valence-corrected chi connectivity index (χ2v) is 3.83. The fourth-order valence-electron chi connectivity index (χ4n) is 1.67. The van der Waals surface area contributed by atoms with Gasteiger partial charge in [0.05, 0.1) is 6.10 Å². The molecule has 4 nitrogen and oxygen atoms in total. The molecule has 2 atom stereocenters. The fraction of sp³-hybridized carbons (Fsp3) is 0.750. The summed E-state index contributed by atoms with van der Waals surface area (Å²) in [6, 6.07) is 0. The molecule has 0 bridgehead atoms. The van der Waals surface area contributed by atoms with Gasteiger partial charge in [-0.2, -0.15) is 5.10 Å². The van der Waals surface area contributed by atoms with E-state index in [4.69, 9.17) is 17.0 Å². The quantitative estimate of drug-likeness (QED) is 0.731. The van der Waals surface area contributed by atoms with Crippen LogP contribution in [-0.2, 0) is 11.3 Å². The zero-order valence-corrected chi connectivity index (χ0v) is 8.38. The van der Waals surface area contributed by atoms with E-state index >= 15 is 0 Å². The minimum Gasteiger partial charge on any atom is -0.378 e. The normalized spacial score (nSPS) is 28.1. The molecule has 0 radical (unpaired) electrons. The maximum Gasteiger partial charge on any atom is 0.194 e. The number of nitrogens with zero attached hydrogens (tertiary/aromatic N) is 2. The highest BCUT2D eigenvalue weighted by Crippen LogP contribution is 2.21. The van der Waals surface area contributed by atoms with Gasteiger partial charge in [-0.1, -0.05) is 0 Å². The van der Waals surface area contributed by atoms with Crippen LogP contribution in [0.25, 0.3) is 0 Å². The third-order valence-corrected chi connectivity index (χ3v) is 2.91. The molecule has 2 rings (SSSR count). The Bertz CT molecular complexity index is 332. The van der Waals surface area contributed by atoms with E-state index in [1.165, 1.54) is 0 Å². The van der Waals surface area contributed by atoms with Gasteiger partial charge >= 0.3 is 0 Å². The summed E-state index contributed by atoms with van der Waals surface area (Å²) < 4.78 is 8.13. The number of aromatic nitrogens is 3. The van der Waals surface area contributed by atoms with E-state index in [2.05, 4.69) is 17.1 Å². The number of hydrogen-bond donors (Lipinski definition) is 1. The predicted molar refractivity (Wildman–Crippen MR) is 50.9 cm³/mol. The van der Waals surface area contributed by atoms with Crippen molar-refractivity contribution in [2.45, 2.75) is 26.0 Å². The average molecular weight is 199 g/mol. The highest BCUT2D eigenvalue weighted by Gasteiger charge is 2.24. The Labute approximate surface area is 81.9 Å². The summed E-state index contributed by atoms with van der Waals surface area (Å²) in [6.07, 6.45) is 3.21. The minimum atomic E-state index is 0.344. The Hall–Kier alpha value is -0.680. The fourth-order valence-corrected chi connectivity index (χ4v) is 1.84. The summed E-state index contributed by atoms with van der Waals surface area (Å²) >= 11 is 5.06. The Morgan fingerprint density at radius 1 is 1.85 bits per heavy atom. The first-order chi connectivity index (χ1) is 6.27. The van der Waals surface area contributed by atoms with Gasteiger partial charge in [0.1, 0.15) is 6.33 Å². The zero-order chi connectivity index (χ0) is 9.26. The molecule has 1 fully saturated rings. The second-order valence-electron chi connectivity index (χ2n) is 3.44. The molecule has 0 aliphatic carbocycles. The molecule has 1 N–H and O–H groups in total. The Morgan fingerprint density at radius 3 is 3.23 bits per heavy atom. The van der Waals surface area contributed by atoms with Gasteiger partial charge in [-0.05, 0) is 25.6 Å². The lowest BCUT2D eigenvalue weighted by Crippen LogP contribution is -2.17. The van der Waals surface area contributed by atoms with E-state index in [-0.39, 0.29) is 0 Å². The molecule has 0 amide bonds. The average Bonchev–Trinajstić information content (AvgIpc) is 2.65. The van der Waals surface area contributed by atoms with Crippen molar-refractivity contribution >= 4 is 12.2 Å². The summed E-state index contributed by atoms with van der Waals surface area (Å²) in [5, 5.41) is 6.63. The summed E-state index contributed by atoms with van der Waals surface area (Å²) in [5.41, 5.74) is 0. The molecule has 5 heteroatoms. The van der Waals surface area contributed by atoms with E-state index in [0.29, 0.717) is 16.8 Å². The first-order valence-electron chi connectivity index (χ1n) is 4.49. The lowest BCUT2D eigenvalue weighted by molar-refractivity contribution is 0.101. The van der Waals surface area contributed by atoms with Gasteiger partial charge < -0.3 is 9.30 Å². The number of H-pyrrole nitrogens is 1. The second kappa shape index (κ2) is 3.59. The summed E-state index contributed by atoms with van der Waals surface area (Å²) in [7, 11) is 0. The van der Waals surface area contributed by atoms with E-state index in [1.807, 2.05) is 4.57 Å². The van der Waals surface area contributed by atoms with Crippen molar-refractivity contribution < 1.29 is 4.74 Å². The van der Waals surface area contributed by atoms with Crippen molar-refractivity contribution in [1.82, 2.24) is 14.8 Å². The first-order valence-corrected chi connectivity index (χ1v) is 4.89. The van der Waals surface area contributed by atoms with E-state index in [0.717, 1.165) is 19.6 Å². The van der Waals surface area contributed by atoms with Crippen LogP contribution in [0.3, 0.4) is 0 Å².